The second-order valence-electron chi connectivity index (χ2n) is 9.12. The number of fused-ring (bicyclic) bond motifs is 2. The van der Waals surface area contributed by atoms with Gasteiger partial charge in [-0.15, -0.1) is 0 Å². The number of benzene rings is 3. The number of aromatic nitrogens is 4. The molecule has 1 aliphatic rings. The van der Waals surface area contributed by atoms with Crippen LogP contribution in [0.4, 0.5) is 5.69 Å². The fourth-order valence-corrected chi connectivity index (χ4v) is 4.60. The first kappa shape index (κ1) is 25.1. The summed E-state index contributed by atoms with van der Waals surface area (Å²) in [6, 6.07) is 22.4. The van der Waals surface area contributed by atoms with Crippen LogP contribution in [0.3, 0.4) is 0 Å². The third kappa shape index (κ3) is 5.06. The van der Waals surface area contributed by atoms with Crippen molar-refractivity contribution in [2.45, 2.75) is 13.5 Å². The molecule has 6 rings (SSSR count). The number of hydrogen-bond acceptors (Lipinski definition) is 7. The third-order valence-corrected chi connectivity index (χ3v) is 6.46. The van der Waals surface area contributed by atoms with E-state index in [0.29, 0.717) is 59.7 Å². The lowest BCUT2D eigenvalue weighted by atomic mass is 10.1. The highest BCUT2D eigenvalue weighted by Crippen LogP contribution is 2.32. The van der Waals surface area contributed by atoms with Crippen molar-refractivity contribution in [1.82, 2.24) is 25.1 Å². The van der Waals surface area contributed by atoms with Crippen molar-refractivity contribution in [3.63, 3.8) is 0 Å². The second-order valence-corrected chi connectivity index (χ2v) is 9.12. The van der Waals surface area contributed by atoms with Crippen molar-refractivity contribution in [2.75, 3.05) is 25.1 Å². The summed E-state index contributed by atoms with van der Waals surface area (Å²) in [4.78, 5) is 34.0. The number of amides is 2. The van der Waals surface area contributed by atoms with Crippen LogP contribution in [0.1, 0.15) is 17.4 Å². The van der Waals surface area contributed by atoms with E-state index in [1.807, 2.05) is 55.5 Å². The molecule has 3 aromatic carbocycles. The Morgan fingerprint density at radius 1 is 1.00 bits per heavy atom. The van der Waals surface area contributed by atoms with E-state index in [4.69, 9.17) is 9.47 Å². The summed E-state index contributed by atoms with van der Waals surface area (Å²) in [6.07, 6.45) is 1.65. The van der Waals surface area contributed by atoms with Gasteiger partial charge in [0.15, 0.2) is 23.9 Å². The lowest BCUT2D eigenvalue weighted by Crippen LogP contribution is -2.35. The first-order valence-electron chi connectivity index (χ1n) is 13.0. The van der Waals surface area contributed by atoms with E-state index < -0.39 is 0 Å². The standard InChI is InChI=1S/C30H26N6O4/c1-2-39-27-16-20(29-31-13-12-23(34-29)24-17-25-30(38)32-14-15-36(25)35-24)10-11-26(27)40-18-28(37)33-22-9-5-7-19-6-3-4-8-21(19)22/h3-13,16-17H,2,14-15,18H2,1H3,(H,32,38)(H,33,37). The molecule has 0 atom stereocenters. The van der Waals surface area contributed by atoms with Gasteiger partial charge < -0.3 is 20.1 Å². The molecular formula is C30H26N6O4. The summed E-state index contributed by atoms with van der Waals surface area (Å²) >= 11 is 0. The SMILES string of the molecule is CCOc1cc(-c2nccc(-c3cc4n(n3)CCNC4=O)n2)ccc1OCC(=O)Nc1cccc2ccccc12. The predicted octanol–water partition coefficient (Wildman–Crippen LogP) is 4.32. The van der Waals surface area contributed by atoms with Gasteiger partial charge in [-0.05, 0) is 48.7 Å². The van der Waals surface area contributed by atoms with E-state index in [9.17, 15) is 9.59 Å². The molecule has 2 aromatic heterocycles. The van der Waals surface area contributed by atoms with Gasteiger partial charge >= 0.3 is 0 Å². The fraction of sp³-hybridized carbons (Fsp3) is 0.167. The smallest absolute Gasteiger partial charge is 0.269 e. The molecule has 2 N–H and O–H groups in total. The number of anilines is 1. The maximum atomic E-state index is 12.7. The first-order chi connectivity index (χ1) is 19.6. The zero-order chi connectivity index (χ0) is 27.5. The summed E-state index contributed by atoms with van der Waals surface area (Å²) in [5.41, 5.74) is 3.13. The molecule has 10 nitrogen and oxygen atoms in total. The van der Waals surface area contributed by atoms with Gasteiger partial charge in [0.05, 0.1) is 18.8 Å². The van der Waals surface area contributed by atoms with Crippen molar-refractivity contribution in [1.29, 1.82) is 0 Å². The number of hydrogen-bond donors (Lipinski definition) is 2. The molecule has 40 heavy (non-hydrogen) atoms. The molecule has 0 fully saturated rings. The highest BCUT2D eigenvalue weighted by molar-refractivity contribution is 6.02. The molecule has 2 amide bonds. The summed E-state index contributed by atoms with van der Waals surface area (Å²) in [6.45, 7) is 3.25. The van der Waals surface area contributed by atoms with Crippen LogP contribution in [0.15, 0.2) is 79.0 Å². The lowest BCUT2D eigenvalue weighted by Gasteiger charge is -2.14. The lowest BCUT2D eigenvalue weighted by molar-refractivity contribution is -0.118. The fourth-order valence-electron chi connectivity index (χ4n) is 4.60. The molecule has 0 spiro atoms. The molecule has 0 saturated carbocycles. The number of nitrogens with zero attached hydrogens (tertiary/aromatic N) is 4. The van der Waals surface area contributed by atoms with Crippen LogP contribution in [0.5, 0.6) is 11.5 Å². The van der Waals surface area contributed by atoms with Gasteiger partial charge in [0.25, 0.3) is 11.8 Å². The zero-order valence-corrected chi connectivity index (χ0v) is 21.8. The molecule has 5 aromatic rings. The number of carbonyl (C=O) groups excluding carboxylic acids is 2. The van der Waals surface area contributed by atoms with Crippen molar-refractivity contribution in [3.8, 4) is 34.3 Å². The Morgan fingerprint density at radius 3 is 2.75 bits per heavy atom. The van der Waals surface area contributed by atoms with Crippen LogP contribution in [0.25, 0.3) is 33.5 Å². The molecule has 0 unspecified atom stereocenters. The number of carbonyl (C=O) groups is 2. The molecule has 0 aliphatic carbocycles. The van der Waals surface area contributed by atoms with Gasteiger partial charge in [0.1, 0.15) is 11.4 Å². The zero-order valence-electron chi connectivity index (χ0n) is 21.8. The van der Waals surface area contributed by atoms with Crippen molar-refractivity contribution < 1.29 is 19.1 Å². The Labute approximate surface area is 230 Å². The van der Waals surface area contributed by atoms with Crippen LogP contribution in [0, 0.1) is 0 Å². The predicted molar refractivity (Wildman–Crippen MR) is 150 cm³/mol. The summed E-state index contributed by atoms with van der Waals surface area (Å²) in [5, 5.41) is 12.3. The highest BCUT2D eigenvalue weighted by Gasteiger charge is 2.21. The molecule has 0 saturated heterocycles. The van der Waals surface area contributed by atoms with E-state index in [1.165, 1.54) is 0 Å². The first-order valence-corrected chi connectivity index (χ1v) is 13.0. The van der Waals surface area contributed by atoms with Gasteiger partial charge in [-0.3, -0.25) is 14.3 Å². The Kier molecular flexibility index (Phi) is 6.80. The van der Waals surface area contributed by atoms with Gasteiger partial charge in [0.2, 0.25) is 0 Å². The molecule has 3 heterocycles. The second kappa shape index (κ2) is 10.9. The quantitative estimate of drug-likeness (QED) is 0.304. The summed E-state index contributed by atoms with van der Waals surface area (Å²) in [5.74, 6) is 0.940. The van der Waals surface area contributed by atoms with E-state index in [0.717, 1.165) is 16.5 Å². The van der Waals surface area contributed by atoms with Crippen LogP contribution in [0.2, 0.25) is 0 Å². The minimum Gasteiger partial charge on any atom is -0.490 e. The Morgan fingerprint density at radius 2 is 1.88 bits per heavy atom. The van der Waals surface area contributed by atoms with Crippen molar-refractivity contribution in [2.24, 2.45) is 0 Å². The number of rotatable bonds is 8. The molecule has 1 aliphatic heterocycles. The Hall–Kier alpha value is -5.25. The van der Waals surface area contributed by atoms with E-state index in [-0.39, 0.29) is 18.4 Å². The maximum absolute atomic E-state index is 12.7. The summed E-state index contributed by atoms with van der Waals surface area (Å²) in [7, 11) is 0. The van der Waals surface area contributed by atoms with Crippen LogP contribution in [-0.4, -0.2) is 51.3 Å². The van der Waals surface area contributed by atoms with Gasteiger partial charge in [-0.1, -0.05) is 36.4 Å². The average molecular weight is 535 g/mol. The summed E-state index contributed by atoms with van der Waals surface area (Å²) < 4.78 is 13.4. The van der Waals surface area contributed by atoms with Gasteiger partial charge in [-0.2, -0.15) is 5.10 Å². The van der Waals surface area contributed by atoms with Gasteiger partial charge in [0, 0.05) is 29.4 Å². The molecular weight excluding hydrogens is 508 g/mol. The van der Waals surface area contributed by atoms with Crippen molar-refractivity contribution in [3.05, 3.63) is 84.7 Å². The average Bonchev–Trinajstić information content (AvgIpc) is 3.43. The van der Waals surface area contributed by atoms with E-state index in [2.05, 4.69) is 25.7 Å². The largest absolute Gasteiger partial charge is 0.490 e. The normalized spacial score (nSPS) is 12.5. The third-order valence-electron chi connectivity index (χ3n) is 6.46. The topological polar surface area (TPSA) is 120 Å². The minimum atomic E-state index is -0.282. The van der Waals surface area contributed by atoms with E-state index in [1.54, 1.807) is 35.1 Å². The van der Waals surface area contributed by atoms with Crippen molar-refractivity contribution >= 4 is 28.3 Å². The van der Waals surface area contributed by atoms with Gasteiger partial charge in [-0.25, -0.2) is 9.97 Å². The maximum Gasteiger partial charge on any atom is 0.269 e. The number of nitrogens with one attached hydrogen (secondary N) is 2. The monoisotopic (exact) mass is 534 g/mol. The Bertz CT molecular complexity index is 1730. The van der Waals surface area contributed by atoms with Crippen LogP contribution >= 0.6 is 0 Å². The highest BCUT2D eigenvalue weighted by atomic mass is 16.5. The Balaban J connectivity index is 1.19. The number of ether oxygens (including phenoxy) is 2. The molecule has 0 radical (unpaired) electrons. The molecule has 10 heteroatoms. The van der Waals surface area contributed by atoms with Crippen LogP contribution in [-0.2, 0) is 11.3 Å². The molecule has 200 valence electrons. The minimum absolute atomic E-state index is 0.151. The van der Waals surface area contributed by atoms with E-state index >= 15 is 0 Å². The van der Waals surface area contributed by atoms with Crippen LogP contribution < -0.4 is 20.1 Å². The molecule has 0 bridgehead atoms.